The lowest BCUT2D eigenvalue weighted by Gasteiger charge is -2.12. The number of aromatic nitrogens is 4. The highest BCUT2D eigenvalue weighted by Crippen LogP contribution is 2.41. The Balaban J connectivity index is 1.23. The predicted molar refractivity (Wildman–Crippen MR) is 207 cm³/mol. The zero-order valence-corrected chi connectivity index (χ0v) is 27.1. The highest BCUT2D eigenvalue weighted by molar-refractivity contribution is 6.16. The molecule has 10 aromatic rings. The largest absolute Gasteiger partial charge is 0.309 e. The second-order valence-electron chi connectivity index (χ2n) is 12.6. The quantitative estimate of drug-likeness (QED) is 0.188. The number of hydrogen-bond acceptors (Lipinski definition) is 2. The van der Waals surface area contributed by atoms with Gasteiger partial charge in [-0.1, -0.05) is 127 Å². The van der Waals surface area contributed by atoms with Crippen LogP contribution in [-0.4, -0.2) is 19.1 Å². The highest BCUT2D eigenvalue weighted by Gasteiger charge is 2.20. The zero-order chi connectivity index (χ0) is 33.0. The molecule has 0 saturated carbocycles. The molecule has 0 atom stereocenters. The maximum Gasteiger partial charge on any atom is 0.160 e. The first-order valence-corrected chi connectivity index (χ1v) is 16.9. The van der Waals surface area contributed by atoms with Gasteiger partial charge < -0.3 is 9.13 Å². The maximum atomic E-state index is 5.22. The molecule has 0 aliphatic rings. The van der Waals surface area contributed by atoms with E-state index in [4.69, 9.17) is 9.97 Å². The molecule has 0 spiro atoms. The second-order valence-corrected chi connectivity index (χ2v) is 12.6. The van der Waals surface area contributed by atoms with Gasteiger partial charge in [-0.15, -0.1) is 0 Å². The van der Waals surface area contributed by atoms with Crippen molar-refractivity contribution in [1.29, 1.82) is 0 Å². The van der Waals surface area contributed by atoms with Crippen molar-refractivity contribution in [2.24, 2.45) is 0 Å². The molecule has 234 valence electrons. The summed E-state index contributed by atoms with van der Waals surface area (Å²) in [7, 11) is 0. The molecule has 0 saturated heterocycles. The third kappa shape index (κ3) is 4.46. The van der Waals surface area contributed by atoms with Gasteiger partial charge >= 0.3 is 0 Å². The number of rotatable bonds is 5. The molecular weight excluding hydrogens is 609 g/mol. The Morgan fingerprint density at radius 1 is 0.340 bits per heavy atom. The Labute approximate surface area is 289 Å². The van der Waals surface area contributed by atoms with Crippen LogP contribution in [0.2, 0.25) is 0 Å². The van der Waals surface area contributed by atoms with Gasteiger partial charge in [0.2, 0.25) is 0 Å². The fourth-order valence-corrected chi connectivity index (χ4v) is 7.52. The summed E-state index contributed by atoms with van der Waals surface area (Å²) in [6.07, 6.45) is 0. The lowest BCUT2D eigenvalue weighted by atomic mass is 10.0. The fraction of sp³-hybridized carbons (Fsp3) is 0. The van der Waals surface area contributed by atoms with E-state index >= 15 is 0 Å². The SMILES string of the molecule is c1ccc(-c2cc(-c3cccc4c3c3ccccc3n4-c3ccc4c(c3)c3ccccc3n4-c3ccccc3)nc(-c3ccccc3)n2)cc1. The van der Waals surface area contributed by atoms with Crippen LogP contribution in [0.25, 0.3) is 88.9 Å². The molecule has 3 heterocycles. The van der Waals surface area contributed by atoms with E-state index in [1.54, 1.807) is 0 Å². The molecule has 3 aromatic heterocycles. The van der Waals surface area contributed by atoms with E-state index in [0.29, 0.717) is 5.82 Å². The third-order valence-corrected chi connectivity index (χ3v) is 9.73. The van der Waals surface area contributed by atoms with Crippen molar-refractivity contribution in [2.75, 3.05) is 0 Å². The molecule has 0 amide bonds. The average Bonchev–Trinajstić information content (AvgIpc) is 3.71. The summed E-state index contributed by atoms with van der Waals surface area (Å²) in [5.74, 6) is 0.711. The van der Waals surface area contributed by atoms with Gasteiger partial charge in [0.05, 0.1) is 33.5 Å². The summed E-state index contributed by atoms with van der Waals surface area (Å²) in [6, 6.07) is 64.2. The molecule has 0 unspecified atom stereocenters. The first-order chi connectivity index (χ1) is 24.8. The van der Waals surface area contributed by atoms with Crippen LogP contribution in [0, 0.1) is 0 Å². The summed E-state index contributed by atoms with van der Waals surface area (Å²) < 4.78 is 4.77. The van der Waals surface area contributed by atoms with Gasteiger partial charge in [0.15, 0.2) is 5.82 Å². The number of nitrogens with zero attached hydrogens (tertiary/aromatic N) is 4. The van der Waals surface area contributed by atoms with Crippen LogP contribution in [-0.2, 0) is 0 Å². The van der Waals surface area contributed by atoms with Crippen LogP contribution in [0.15, 0.2) is 182 Å². The number of para-hydroxylation sites is 3. The summed E-state index contributed by atoms with van der Waals surface area (Å²) in [4.78, 5) is 10.3. The van der Waals surface area contributed by atoms with E-state index in [-0.39, 0.29) is 0 Å². The number of benzene rings is 7. The maximum absolute atomic E-state index is 5.22. The van der Waals surface area contributed by atoms with Crippen LogP contribution in [0.3, 0.4) is 0 Å². The van der Waals surface area contributed by atoms with E-state index in [1.807, 2.05) is 24.3 Å². The van der Waals surface area contributed by atoms with Crippen LogP contribution < -0.4 is 0 Å². The van der Waals surface area contributed by atoms with E-state index in [2.05, 4.69) is 167 Å². The Kier molecular flexibility index (Phi) is 6.46. The van der Waals surface area contributed by atoms with Crippen LogP contribution >= 0.6 is 0 Å². The zero-order valence-electron chi connectivity index (χ0n) is 27.1. The third-order valence-electron chi connectivity index (χ3n) is 9.73. The molecule has 7 aromatic carbocycles. The van der Waals surface area contributed by atoms with E-state index in [0.717, 1.165) is 50.5 Å². The van der Waals surface area contributed by atoms with E-state index in [9.17, 15) is 0 Å². The number of fused-ring (bicyclic) bond motifs is 6. The van der Waals surface area contributed by atoms with Crippen molar-refractivity contribution in [2.45, 2.75) is 0 Å². The Hall–Kier alpha value is -6.78. The first-order valence-electron chi connectivity index (χ1n) is 16.9. The van der Waals surface area contributed by atoms with Gasteiger partial charge in [0, 0.05) is 49.6 Å². The molecule has 0 aliphatic carbocycles. The summed E-state index contributed by atoms with van der Waals surface area (Å²) in [5, 5.41) is 4.81. The van der Waals surface area contributed by atoms with Crippen LogP contribution in [0.4, 0.5) is 0 Å². The second kappa shape index (κ2) is 11.4. The van der Waals surface area contributed by atoms with Crippen LogP contribution in [0.1, 0.15) is 0 Å². The van der Waals surface area contributed by atoms with Gasteiger partial charge in [0.1, 0.15) is 0 Å². The van der Waals surface area contributed by atoms with E-state index < -0.39 is 0 Å². The Morgan fingerprint density at radius 3 is 1.66 bits per heavy atom. The normalized spacial score (nSPS) is 11.6. The lowest BCUT2D eigenvalue weighted by Crippen LogP contribution is -1.97. The summed E-state index contributed by atoms with van der Waals surface area (Å²) >= 11 is 0. The molecule has 50 heavy (non-hydrogen) atoms. The lowest BCUT2D eigenvalue weighted by molar-refractivity contribution is 1.16. The molecule has 0 aliphatic heterocycles. The molecule has 4 nitrogen and oxygen atoms in total. The minimum Gasteiger partial charge on any atom is -0.309 e. The molecular formula is C46H30N4. The predicted octanol–water partition coefficient (Wildman–Crippen LogP) is 11.7. The van der Waals surface area contributed by atoms with Crippen molar-refractivity contribution in [3.63, 3.8) is 0 Å². The first kappa shape index (κ1) is 28.3. The smallest absolute Gasteiger partial charge is 0.160 e. The van der Waals surface area contributed by atoms with Crippen LogP contribution in [0.5, 0.6) is 0 Å². The minimum atomic E-state index is 0.711. The van der Waals surface area contributed by atoms with Gasteiger partial charge in [0.25, 0.3) is 0 Å². The van der Waals surface area contributed by atoms with Gasteiger partial charge in [-0.05, 0) is 54.6 Å². The number of hydrogen-bond donors (Lipinski definition) is 0. The molecule has 4 heteroatoms. The van der Waals surface area contributed by atoms with Crippen molar-refractivity contribution in [1.82, 2.24) is 19.1 Å². The molecule has 0 N–H and O–H groups in total. The highest BCUT2D eigenvalue weighted by atomic mass is 15.0. The molecule has 10 rings (SSSR count). The van der Waals surface area contributed by atoms with Crippen molar-refractivity contribution in [3.8, 4) is 45.3 Å². The fourth-order valence-electron chi connectivity index (χ4n) is 7.52. The molecule has 0 fully saturated rings. The van der Waals surface area contributed by atoms with Crippen molar-refractivity contribution < 1.29 is 0 Å². The van der Waals surface area contributed by atoms with Crippen molar-refractivity contribution >= 4 is 43.6 Å². The van der Waals surface area contributed by atoms with Gasteiger partial charge in [-0.3, -0.25) is 0 Å². The monoisotopic (exact) mass is 638 g/mol. The van der Waals surface area contributed by atoms with Crippen molar-refractivity contribution in [3.05, 3.63) is 182 Å². The standard InChI is InChI=1S/C46H30N4/c1-4-15-31(16-5-1)39-30-40(48-46(47-39)32-17-6-2-7-18-32)36-23-14-26-44-45(36)37-22-11-13-25-42(37)50(44)34-27-28-43-38(29-34)35-21-10-12-24-41(35)49(43)33-19-8-3-9-20-33/h1-30H. The summed E-state index contributed by atoms with van der Waals surface area (Å²) in [6.45, 7) is 0. The Bertz CT molecular complexity index is 2790. The molecule has 0 radical (unpaired) electrons. The van der Waals surface area contributed by atoms with E-state index in [1.165, 1.54) is 32.6 Å². The topological polar surface area (TPSA) is 35.6 Å². The van der Waals surface area contributed by atoms with Gasteiger partial charge in [-0.25, -0.2) is 9.97 Å². The molecule has 0 bridgehead atoms. The average molecular weight is 639 g/mol. The minimum absolute atomic E-state index is 0.711. The Morgan fingerprint density at radius 2 is 0.900 bits per heavy atom. The summed E-state index contributed by atoms with van der Waals surface area (Å²) in [5.41, 5.74) is 11.9. The van der Waals surface area contributed by atoms with Gasteiger partial charge in [-0.2, -0.15) is 0 Å².